The molecule has 30 heavy (non-hydrogen) atoms. The Morgan fingerprint density at radius 1 is 1.30 bits per heavy atom. The molecule has 0 saturated heterocycles. The number of aryl methyl sites for hydroxylation is 1. The Balaban J connectivity index is 1.68. The van der Waals surface area contributed by atoms with Crippen LogP contribution in [0.5, 0.6) is 11.5 Å². The Bertz CT molecular complexity index is 1060. The van der Waals surface area contributed by atoms with E-state index in [1.54, 1.807) is 12.1 Å². The van der Waals surface area contributed by atoms with Crippen LogP contribution in [0.25, 0.3) is 11.4 Å². The number of methoxy groups -OCH3 is 1. The van der Waals surface area contributed by atoms with Gasteiger partial charge in [0.25, 0.3) is 0 Å². The van der Waals surface area contributed by atoms with Gasteiger partial charge in [-0.25, -0.2) is 4.68 Å². The largest absolute Gasteiger partial charge is 0.495 e. The predicted octanol–water partition coefficient (Wildman–Crippen LogP) is 3.76. The lowest BCUT2D eigenvalue weighted by Crippen LogP contribution is -2.17. The van der Waals surface area contributed by atoms with Crippen molar-refractivity contribution in [3.63, 3.8) is 0 Å². The van der Waals surface area contributed by atoms with Crippen molar-refractivity contribution in [1.29, 1.82) is 0 Å². The van der Waals surface area contributed by atoms with Crippen molar-refractivity contribution in [3.05, 3.63) is 47.0 Å². The molecule has 1 amide bonds. The lowest BCUT2D eigenvalue weighted by atomic mass is 10.2. The van der Waals surface area contributed by atoms with Gasteiger partial charge in [-0.3, -0.25) is 4.79 Å². The van der Waals surface area contributed by atoms with E-state index in [0.29, 0.717) is 34.0 Å². The summed E-state index contributed by atoms with van der Waals surface area (Å²) >= 11 is 7.28. The van der Waals surface area contributed by atoms with Crippen LogP contribution in [0.2, 0.25) is 5.02 Å². The molecule has 10 heteroatoms. The SMILES string of the molecule is CCOc1cccc(-c2nnc(SCC(=O)Nc3cc(C)c(Cl)cc3OC)n2N)c1. The van der Waals surface area contributed by atoms with Crippen LogP contribution in [0.3, 0.4) is 0 Å². The van der Waals surface area contributed by atoms with Crippen LogP contribution in [0.4, 0.5) is 5.69 Å². The fourth-order valence-electron chi connectivity index (χ4n) is 2.71. The number of nitrogens with one attached hydrogen (secondary N) is 1. The van der Waals surface area contributed by atoms with E-state index in [-0.39, 0.29) is 11.7 Å². The summed E-state index contributed by atoms with van der Waals surface area (Å²) in [5.74, 6) is 7.70. The normalized spacial score (nSPS) is 10.7. The van der Waals surface area contributed by atoms with Gasteiger partial charge in [0.05, 0.1) is 25.2 Å². The Morgan fingerprint density at radius 2 is 2.10 bits per heavy atom. The smallest absolute Gasteiger partial charge is 0.234 e. The molecule has 0 aliphatic heterocycles. The van der Waals surface area contributed by atoms with E-state index in [4.69, 9.17) is 26.9 Å². The first-order valence-electron chi connectivity index (χ1n) is 9.13. The lowest BCUT2D eigenvalue weighted by molar-refractivity contribution is -0.113. The van der Waals surface area contributed by atoms with Crippen LogP contribution >= 0.6 is 23.4 Å². The molecule has 0 fully saturated rings. The molecular formula is C20H22ClN5O3S. The maximum absolute atomic E-state index is 12.4. The fourth-order valence-corrected chi connectivity index (χ4v) is 3.52. The minimum atomic E-state index is -0.233. The van der Waals surface area contributed by atoms with Gasteiger partial charge in [0.15, 0.2) is 5.82 Å². The minimum Gasteiger partial charge on any atom is -0.495 e. The molecule has 2 aromatic carbocycles. The second-order valence-corrected chi connectivity index (χ2v) is 7.63. The van der Waals surface area contributed by atoms with Crippen molar-refractivity contribution < 1.29 is 14.3 Å². The highest BCUT2D eigenvalue weighted by atomic mass is 35.5. The summed E-state index contributed by atoms with van der Waals surface area (Å²) in [7, 11) is 1.52. The number of thioether (sulfide) groups is 1. The molecule has 1 heterocycles. The van der Waals surface area contributed by atoms with Crippen LogP contribution in [0, 0.1) is 6.92 Å². The molecule has 3 N–H and O–H groups in total. The monoisotopic (exact) mass is 447 g/mol. The Kier molecular flexibility index (Phi) is 7.07. The number of carbonyl (C=O) groups is 1. The molecule has 8 nitrogen and oxygen atoms in total. The summed E-state index contributed by atoms with van der Waals surface area (Å²) in [5, 5.41) is 12.0. The van der Waals surface area contributed by atoms with E-state index in [2.05, 4.69) is 15.5 Å². The molecule has 0 aliphatic carbocycles. The van der Waals surface area contributed by atoms with E-state index in [0.717, 1.165) is 16.9 Å². The van der Waals surface area contributed by atoms with Gasteiger partial charge in [0.2, 0.25) is 11.1 Å². The van der Waals surface area contributed by atoms with Gasteiger partial charge in [-0.1, -0.05) is 35.5 Å². The van der Waals surface area contributed by atoms with E-state index < -0.39 is 0 Å². The number of rotatable bonds is 8. The number of carbonyl (C=O) groups excluding carboxylic acids is 1. The zero-order valence-corrected chi connectivity index (χ0v) is 18.4. The van der Waals surface area contributed by atoms with Crippen molar-refractivity contribution in [3.8, 4) is 22.9 Å². The Morgan fingerprint density at radius 3 is 2.83 bits per heavy atom. The summed E-state index contributed by atoms with van der Waals surface area (Å²) in [5.41, 5.74) is 2.15. The van der Waals surface area contributed by atoms with Crippen molar-refractivity contribution in [1.82, 2.24) is 14.9 Å². The molecule has 0 unspecified atom stereocenters. The molecule has 3 aromatic rings. The summed E-state index contributed by atoms with van der Waals surface area (Å²) in [6, 6.07) is 10.9. The van der Waals surface area contributed by atoms with Gasteiger partial charge in [0, 0.05) is 16.7 Å². The Labute approximate surface area is 183 Å². The topological polar surface area (TPSA) is 104 Å². The number of ether oxygens (including phenoxy) is 2. The molecule has 1 aromatic heterocycles. The van der Waals surface area contributed by atoms with Crippen LogP contribution in [0.15, 0.2) is 41.6 Å². The van der Waals surface area contributed by atoms with Gasteiger partial charge < -0.3 is 20.6 Å². The molecule has 158 valence electrons. The van der Waals surface area contributed by atoms with Gasteiger partial charge in [-0.15, -0.1) is 10.2 Å². The molecule has 0 atom stereocenters. The molecule has 0 radical (unpaired) electrons. The first kappa shape index (κ1) is 21.8. The zero-order valence-electron chi connectivity index (χ0n) is 16.8. The number of hydrogen-bond acceptors (Lipinski definition) is 7. The van der Waals surface area contributed by atoms with Crippen molar-refractivity contribution in [2.24, 2.45) is 0 Å². The van der Waals surface area contributed by atoms with E-state index in [1.165, 1.54) is 23.5 Å². The second kappa shape index (κ2) is 9.73. The third-order valence-corrected chi connectivity index (χ3v) is 5.51. The maximum atomic E-state index is 12.4. The van der Waals surface area contributed by atoms with Crippen LogP contribution < -0.4 is 20.6 Å². The van der Waals surface area contributed by atoms with Crippen molar-refractivity contribution in [2.45, 2.75) is 19.0 Å². The number of hydrogen-bond donors (Lipinski definition) is 2. The average Bonchev–Trinajstić information content (AvgIpc) is 3.10. The quantitative estimate of drug-likeness (QED) is 0.400. The molecule has 0 aliphatic rings. The maximum Gasteiger partial charge on any atom is 0.234 e. The van der Waals surface area contributed by atoms with Gasteiger partial charge in [-0.2, -0.15) is 0 Å². The number of nitrogens with zero attached hydrogens (tertiary/aromatic N) is 3. The number of benzene rings is 2. The second-order valence-electron chi connectivity index (χ2n) is 6.28. The van der Waals surface area contributed by atoms with E-state index in [1.807, 2.05) is 38.1 Å². The number of nitrogens with two attached hydrogens (primary N) is 1. The molecular weight excluding hydrogens is 426 g/mol. The van der Waals surface area contributed by atoms with Crippen molar-refractivity contribution >= 4 is 35.0 Å². The summed E-state index contributed by atoms with van der Waals surface area (Å²) in [6.07, 6.45) is 0. The number of aromatic nitrogens is 3. The van der Waals surface area contributed by atoms with Gasteiger partial charge in [-0.05, 0) is 37.6 Å². The number of halogens is 1. The summed E-state index contributed by atoms with van der Waals surface area (Å²) < 4.78 is 12.1. The summed E-state index contributed by atoms with van der Waals surface area (Å²) in [4.78, 5) is 12.4. The highest BCUT2D eigenvalue weighted by Gasteiger charge is 2.16. The number of amides is 1. The lowest BCUT2D eigenvalue weighted by Gasteiger charge is -2.12. The zero-order chi connectivity index (χ0) is 21.7. The van der Waals surface area contributed by atoms with E-state index >= 15 is 0 Å². The Hall–Kier alpha value is -2.91. The number of nitrogen functional groups attached to an aromatic ring is 1. The molecule has 0 bridgehead atoms. The van der Waals surface area contributed by atoms with Gasteiger partial charge >= 0.3 is 0 Å². The van der Waals surface area contributed by atoms with Crippen LogP contribution in [0.1, 0.15) is 12.5 Å². The predicted molar refractivity (Wildman–Crippen MR) is 119 cm³/mol. The highest BCUT2D eigenvalue weighted by Crippen LogP contribution is 2.31. The number of anilines is 1. The molecule has 3 rings (SSSR count). The summed E-state index contributed by atoms with van der Waals surface area (Å²) in [6.45, 7) is 4.33. The third kappa shape index (κ3) is 4.98. The molecule has 0 saturated carbocycles. The van der Waals surface area contributed by atoms with E-state index in [9.17, 15) is 4.79 Å². The molecule has 0 spiro atoms. The third-order valence-electron chi connectivity index (χ3n) is 4.15. The first-order valence-corrected chi connectivity index (χ1v) is 10.5. The minimum absolute atomic E-state index is 0.0964. The average molecular weight is 448 g/mol. The van der Waals surface area contributed by atoms with Crippen molar-refractivity contribution in [2.75, 3.05) is 30.6 Å². The fraction of sp³-hybridized carbons (Fsp3) is 0.250. The van der Waals surface area contributed by atoms with Crippen LogP contribution in [-0.4, -0.2) is 40.3 Å². The van der Waals surface area contributed by atoms with Crippen LogP contribution in [-0.2, 0) is 4.79 Å². The first-order chi connectivity index (χ1) is 14.4. The highest BCUT2D eigenvalue weighted by molar-refractivity contribution is 7.99. The standard InChI is InChI=1S/C20H22ClN5O3S/c1-4-29-14-7-5-6-13(9-14)19-24-25-20(26(19)22)30-11-18(27)23-16-8-12(2)15(21)10-17(16)28-3/h5-10H,4,11,22H2,1-3H3,(H,23,27). The van der Waals surface area contributed by atoms with Gasteiger partial charge in [0.1, 0.15) is 11.5 Å².